The number of para-hydroxylation sites is 1. The summed E-state index contributed by atoms with van der Waals surface area (Å²) in [6.07, 6.45) is 11.0. The number of unbranched alkanes of at least 4 members (excludes halogenated alkanes) is 5. The number of benzene rings is 1. The minimum absolute atomic E-state index is 0.0711. The predicted octanol–water partition coefficient (Wildman–Crippen LogP) is 4.83. The summed E-state index contributed by atoms with van der Waals surface area (Å²) in [5.41, 5.74) is 0.623. The number of anilines is 1. The second kappa shape index (κ2) is 9.80. The van der Waals surface area contributed by atoms with Crippen LogP contribution >= 0.6 is 0 Å². The maximum absolute atomic E-state index is 12.2. The number of hydrogen-bond donors (Lipinski definition) is 3. The lowest BCUT2D eigenvalue weighted by atomic mass is 9.82. The zero-order valence-corrected chi connectivity index (χ0v) is 17.0. The van der Waals surface area contributed by atoms with Crippen LogP contribution in [0.3, 0.4) is 0 Å². The van der Waals surface area contributed by atoms with Crippen LogP contribution in [0, 0.1) is 0 Å². The first kappa shape index (κ1) is 20.5. The zero-order chi connectivity index (χ0) is 19.8. The van der Waals surface area contributed by atoms with Crippen LogP contribution in [0.2, 0.25) is 0 Å². The molecule has 2 aliphatic rings. The van der Waals surface area contributed by atoms with Gasteiger partial charge in [0.2, 0.25) is 0 Å². The molecule has 154 valence electrons. The number of rotatable bonds is 9. The van der Waals surface area contributed by atoms with Gasteiger partial charge in [-0.15, -0.1) is 0 Å². The van der Waals surface area contributed by atoms with Gasteiger partial charge in [-0.25, -0.2) is 9.59 Å². The van der Waals surface area contributed by atoms with Crippen molar-refractivity contribution in [1.82, 2.24) is 15.5 Å². The van der Waals surface area contributed by atoms with E-state index in [-0.39, 0.29) is 23.8 Å². The van der Waals surface area contributed by atoms with Crippen LogP contribution in [0.5, 0.6) is 0 Å². The van der Waals surface area contributed by atoms with E-state index in [1.165, 1.54) is 32.1 Å². The molecule has 1 saturated carbocycles. The first-order valence-electron chi connectivity index (χ1n) is 10.9. The lowest BCUT2D eigenvalue weighted by molar-refractivity contribution is -0.0108. The number of carbonyl (C=O) groups is 2. The smallest absolute Gasteiger partial charge is 0.321 e. The molecule has 6 nitrogen and oxygen atoms in total. The van der Waals surface area contributed by atoms with Gasteiger partial charge in [0.25, 0.3) is 0 Å². The van der Waals surface area contributed by atoms with Crippen molar-refractivity contribution in [3.63, 3.8) is 0 Å². The highest BCUT2D eigenvalue weighted by molar-refractivity contribution is 5.89. The van der Waals surface area contributed by atoms with Crippen LogP contribution < -0.4 is 16.0 Å². The maximum atomic E-state index is 12.2. The Labute approximate surface area is 168 Å². The van der Waals surface area contributed by atoms with E-state index in [0.717, 1.165) is 44.3 Å². The normalized spacial score (nSPS) is 23.8. The van der Waals surface area contributed by atoms with Crippen LogP contribution in [0.4, 0.5) is 15.3 Å². The highest BCUT2D eigenvalue weighted by Gasteiger charge is 2.51. The lowest BCUT2D eigenvalue weighted by Gasteiger charge is -2.56. The lowest BCUT2D eigenvalue weighted by Crippen LogP contribution is -2.76. The van der Waals surface area contributed by atoms with Gasteiger partial charge < -0.3 is 20.9 Å². The SMILES string of the molecule is CCCCCCCCN1C(=O)NC12CCC(NC(=O)Nc1ccccc1)CC2. The first-order chi connectivity index (χ1) is 13.6. The molecule has 0 aromatic heterocycles. The number of carbonyl (C=O) groups excluding carboxylic acids is 2. The van der Waals surface area contributed by atoms with Gasteiger partial charge in [-0.3, -0.25) is 0 Å². The molecule has 3 rings (SSSR count). The van der Waals surface area contributed by atoms with E-state index >= 15 is 0 Å². The first-order valence-corrected chi connectivity index (χ1v) is 10.9. The monoisotopic (exact) mass is 386 g/mol. The Hall–Kier alpha value is -2.24. The van der Waals surface area contributed by atoms with E-state index in [1.54, 1.807) is 0 Å². The van der Waals surface area contributed by atoms with Gasteiger partial charge in [-0.1, -0.05) is 57.2 Å². The summed E-state index contributed by atoms with van der Waals surface area (Å²) in [7, 11) is 0. The third kappa shape index (κ3) is 5.18. The fraction of sp³-hybridized carbons (Fsp3) is 0.636. The Balaban J connectivity index is 1.38. The van der Waals surface area contributed by atoms with Crippen molar-refractivity contribution < 1.29 is 9.59 Å². The van der Waals surface area contributed by atoms with Crippen molar-refractivity contribution in [1.29, 1.82) is 0 Å². The van der Waals surface area contributed by atoms with Crippen molar-refractivity contribution >= 4 is 17.7 Å². The largest absolute Gasteiger partial charge is 0.335 e. The summed E-state index contributed by atoms with van der Waals surface area (Å²) in [5, 5.41) is 9.08. The highest BCUT2D eigenvalue weighted by Crippen LogP contribution is 2.37. The number of nitrogens with zero attached hydrogens (tertiary/aromatic N) is 1. The van der Waals surface area contributed by atoms with Gasteiger partial charge in [0.05, 0.1) is 0 Å². The number of urea groups is 2. The molecule has 2 fully saturated rings. The van der Waals surface area contributed by atoms with Crippen LogP contribution in [0.1, 0.15) is 71.1 Å². The third-order valence-electron chi connectivity index (χ3n) is 6.02. The van der Waals surface area contributed by atoms with Crippen molar-refractivity contribution in [2.45, 2.75) is 82.8 Å². The van der Waals surface area contributed by atoms with Crippen LogP contribution in [0.15, 0.2) is 30.3 Å². The fourth-order valence-corrected chi connectivity index (χ4v) is 4.35. The molecule has 3 N–H and O–H groups in total. The second-order valence-corrected chi connectivity index (χ2v) is 8.12. The summed E-state index contributed by atoms with van der Waals surface area (Å²) in [6.45, 7) is 3.08. The average Bonchev–Trinajstić information content (AvgIpc) is 2.69. The van der Waals surface area contributed by atoms with E-state index in [4.69, 9.17) is 0 Å². The molecule has 6 heteroatoms. The van der Waals surface area contributed by atoms with Crippen LogP contribution in [-0.4, -0.2) is 35.2 Å². The Morgan fingerprint density at radius 3 is 2.46 bits per heavy atom. The minimum atomic E-state index is -0.172. The topological polar surface area (TPSA) is 73.5 Å². The maximum Gasteiger partial charge on any atom is 0.321 e. The van der Waals surface area contributed by atoms with Crippen LogP contribution in [0.25, 0.3) is 0 Å². The van der Waals surface area contributed by atoms with Crippen LogP contribution in [-0.2, 0) is 0 Å². The fourth-order valence-electron chi connectivity index (χ4n) is 4.35. The van der Waals surface area contributed by atoms with E-state index in [0.29, 0.717) is 0 Å². The zero-order valence-electron chi connectivity index (χ0n) is 17.0. The molecule has 0 bridgehead atoms. The van der Waals surface area contributed by atoms with E-state index in [1.807, 2.05) is 35.2 Å². The molecule has 28 heavy (non-hydrogen) atoms. The quantitative estimate of drug-likeness (QED) is 0.532. The minimum Gasteiger partial charge on any atom is -0.335 e. The van der Waals surface area contributed by atoms with Crippen molar-refractivity contribution in [2.75, 3.05) is 11.9 Å². The number of amides is 4. The predicted molar refractivity (Wildman–Crippen MR) is 112 cm³/mol. The molecule has 1 spiro atoms. The highest BCUT2D eigenvalue weighted by atomic mass is 16.2. The summed E-state index contributed by atoms with van der Waals surface area (Å²) in [5.74, 6) is 0. The Morgan fingerprint density at radius 2 is 1.79 bits per heavy atom. The van der Waals surface area contributed by atoms with Crippen molar-refractivity contribution in [3.05, 3.63) is 30.3 Å². The molecular formula is C22H34N4O2. The van der Waals surface area contributed by atoms with E-state index in [2.05, 4.69) is 22.9 Å². The van der Waals surface area contributed by atoms with Gasteiger partial charge in [0.1, 0.15) is 5.66 Å². The van der Waals surface area contributed by atoms with Gasteiger partial charge in [-0.2, -0.15) is 0 Å². The average molecular weight is 387 g/mol. The van der Waals surface area contributed by atoms with Crippen molar-refractivity contribution in [2.24, 2.45) is 0 Å². The molecular weight excluding hydrogens is 352 g/mol. The standard InChI is InChI=1S/C22H34N4O2/c1-2-3-4-5-6-10-17-26-21(28)25-22(26)15-13-19(14-16-22)24-20(27)23-18-11-8-7-9-12-18/h7-9,11-12,19H,2-6,10,13-17H2,1H3,(H,25,28)(H2,23,24,27). The van der Waals surface area contributed by atoms with Crippen molar-refractivity contribution in [3.8, 4) is 0 Å². The molecule has 1 aliphatic carbocycles. The molecule has 0 unspecified atom stereocenters. The molecule has 0 atom stereocenters. The molecule has 1 heterocycles. The third-order valence-corrected chi connectivity index (χ3v) is 6.02. The molecule has 1 aromatic carbocycles. The summed E-state index contributed by atoms with van der Waals surface area (Å²) < 4.78 is 0. The van der Waals surface area contributed by atoms with E-state index < -0.39 is 0 Å². The molecule has 1 aliphatic heterocycles. The van der Waals surface area contributed by atoms with Gasteiger partial charge >= 0.3 is 12.1 Å². The summed E-state index contributed by atoms with van der Waals surface area (Å²) >= 11 is 0. The van der Waals surface area contributed by atoms with Gasteiger partial charge in [0.15, 0.2) is 0 Å². The molecule has 0 radical (unpaired) electrons. The second-order valence-electron chi connectivity index (χ2n) is 8.12. The molecule has 1 saturated heterocycles. The Kier molecular flexibility index (Phi) is 7.18. The Morgan fingerprint density at radius 1 is 1.11 bits per heavy atom. The van der Waals surface area contributed by atoms with Gasteiger partial charge in [0, 0.05) is 18.3 Å². The van der Waals surface area contributed by atoms with Gasteiger partial charge in [-0.05, 0) is 44.2 Å². The molecule has 4 amide bonds. The number of hydrogen-bond acceptors (Lipinski definition) is 2. The Bertz CT molecular complexity index is 641. The summed E-state index contributed by atoms with van der Waals surface area (Å²) in [6, 6.07) is 9.54. The number of nitrogens with one attached hydrogen (secondary N) is 3. The summed E-state index contributed by atoms with van der Waals surface area (Å²) in [4.78, 5) is 26.3. The molecule has 1 aromatic rings. The van der Waals surface area contributed by atoms with E-state index in [9.17, 15) is 9.59 Å².